The van der Waals surface area contributed by atoms with Crippen molar-refractivity contribution in [3.8, 4) is 5.75 Å². The summed E-state index contributed by atoms with van der Waals surface area (Å²) in [6.45, 7) is 7.75. The van der Waals surface area contributed by atoms with E-state index in [0.29, 0.717) is 12.3 Å². The van der Waals surface area contributed by atoms with Crippen molar-refractivity contribution in [2.24, 2.45) is 0 Å². The fraction of sp³-hybridized carbons (Fsp3) is 0.435. The number of nitrogens with zero attached hydrogens (tertiary/aromatic N) is 1. The second-order valence-corrected chi connectivity index (χ2v) is 7.44. The molecule has 4 nitrogen and oxygen atoms in total. The van der Waals surface area contributed by atoms with E-state index in [1.54, 1.807) is 6.92 Å². The molecule has 0 bridgehead atoms. The highest BCUT2D eigenvalue weighted by Crippen LogP contribution is 2.15. The molecule has 27 heavy (non-hydrogen) atoms. The van der Waals surface area contributed by atoms with E-state index in [9.17, 15) is 4.79 Å². The number of ether oxygens (including phenoxy) is 1. The third kappa shape index (κ3) is 6.10. The first-order valence-corrected chi connectivity index (χ1v) is 9.91. The minimum absolute atomic E-state index is 0.104. The Bertz CT molecular complexity index is 719. The summed E-state index contributed by atoms with van der Waals surface area (Å²) < 4.78 is 5.71. The number of carbonyl (C=O) groups is 1. The fourth-order valence-corrected chi connectivity index (χ4v) is 3.35. The van der Waals surface area contributed by atoms with Gasteiger partial charge >= 0.3 is 0 Å². The molecule has 144 valence electrons. The van der Waals surface area contributed by atoms with Crippen LogP contribution in [0.5, 0.6) is 5.75 Å². The van der Waals surface area contributed by atoms with Crippen molar-refractivity contribution < 1.29 is 9.53 Å². The van der Waals surface area contributed by atoms with Crippen molar-refractivity contribution in [2.45, 2.75) is 52.3 Å². The van der Waals surface area contributed by atoms with Crippen molar-refractivity contribution in [1.29, 1.82) is 0 Å². The van der Waals surface area contributed by atoms with Crippen LogP contribution in [0.4, 0.5) is 0 Å². The number of hydrogen-bond acceptors (Lipinski definition) is 3. The van der Waals surface area contributed by atoms with Gasteiger partial charge in [0.2, 0.25) is 0 Å². The lowest BCUT2D eigenvalue weighted by Crippen LogP contribution is -2.35. The smallest absolute Gasteiger partial charge is 0.261 e. The molecule has 2 aromatic carbocycles. The normalized spacial score (nSPS) is 15.9. The number of nitrogens with one attached hydrogen (secondary N) is 1. The van der Waals surface area contributed by atoms with E-state index in [-0.39, 0.29) is 5.91 Å². The molecule has 0 radical (unpaired) electrons. The molecule has 1 amide bonds. The van der Waals surface area contributed by atoms with Gasteiger partial charge in [0, 0.05) is 13.1 Å². The predicted molar refractivity (Wildman–Crippen MR) is 109 cm³/mol. The zero-order valence-electron chi connectivity index (χ0n) is 16.4. The number of piperidine rings is 1. The highest BCUT2D eigenvalue weighted by atomic mass is 16.5. The Morgan fingerprint density at radius 3 is 2.30 bits per heavy atom. The molecule has 0 aliphatic carbocycles. The van der Waals surface area contributed by atoms with Gasteiger partial charge in [-0.2, -0.15) is 0 Å². The maximum absolute atomic E-state index is 12.3. The Morgan fingerprint density at radius 1 is 1.00 bits per heavy atom. The average molecular weight is 367 g/mol. The molecule has 0 spiro atoms. The van der Waals surface area contributed by atoms with E-state index in [1.165, 1.54) is 43.5 Å². The standard InChI is InChI=1S/C23H30N2O2/c1-18-6-12-22(13-7-18)27-19(2)23(26)24-16-20-8-10-21(11-9-20)17-25-14-4-3-5-15-25/h6-13,19H,3-5,14-17H2,1-2H3,(H,24,26)/t19-/m0/s1. The third-order valence-corrected chi connectivity index (χ3v) is 5.05. The molecule has 1 atom stereocenters. The molecule has 0 aromatic heterocycles. The van der Waals surface area contributed by atoms with Crippen LogP contribution in [0.15, 0.2) is 48.5 Å². The van der Waals surface area contributed by atoms with Gasteiger partial charge in [0.15, 0.2) is 6.10 Å². The van der Waals surface area contributed by atoms with E-state index >= 15 is 0 Å². The van der Waals surface area contributed by atoms with Crippen LogP contribution in [0, 0.1) is 6.92 Å². The third-order valence-electron chi connectivity index (χ3n) is 5.05. The maximum atomic E-state index is 12.3. The monoisotopic (exact) mass is 366 g/mol. The van der Waals surface area contributed by atoms with Gasteiger partial charge in [0.1, 0.15) is 5.75 Å². The molecule has 1 heterocycles. The molecule has 3 rings (SSSR count). The SMILES string of the molecule is Cc1ccc(O[C@@H](C)C(=O)NCc2ccc(CN3CCCCC3)cc2)cc1. The average Bonchev–Trinajstić information content (AvgIpc) is 2.69. The number of rotatable bonds is 7. The molecule has 1 N–H and O–H groups in total. The predicted octanol–water partition coefficient (Wildman–Crippen LogP) is 4.06. The summed E-state index contributed by atoms with van der Waals surface area (Å²) in [6, 6.07) is 16.3. The van der Waals surface area contributed by atoms with Crippen molar-refractivity contribution in [1.82, 2.24) is 10.2 Å². The number of hydrogen-bond donors (Lipinski definition) is 1. The Labute approximate surface area is 162 Å². The summed E-state index contributed by atoms with van der Waals surface area (Å²) in [5.74, 6) is 0.610. The fourth-order valence-electron chi connectivity index (χ4n) is 3.35. The second-order valence-electron chi connectivity index (χ2n) is 7.44. The summed E-state index contributed by atoms with van der Waals surface area (Å²) in [5.41, 5.74) is 3.61. The zero-order valence-corrected chi connectivity index (χ0v) is 16.4. The summed E-state index contributed by atoms with van der Waals surface area (Å²) in [4.78, 5) is 14.8. The number of benzene rings is 2. The summed E-state index contributed by atoms with van der Waals surface area (Å²) in [6.07, 6.45) is 3.47. The molecule has 1 fully saturated rings. The lowest BCUT2D eigenvalue weighted by Gasteiger charge is -2.26. The van der Waals surface area contributed by atoms with Gasteiger partial charge in [-0.05, 0) is 63.0 Å². The number of carbonyl (C=O) groups excluding carboxylic acids is 1. The van der Waals surface area contributed by atoms with Crippen LogP contribution in [-0.4, -0.2) is 30.0 Å². The minimum atomic E-state index is -0.522. The molecule has 1 aliphatic heterocycles. The molecular weight excluding hydrogens is 336 g/mol. The number of likely N-dealkylation sites (tertiary alicyclic amines) is 1. The first-order chi connectivity index (χ1) is 13.1. The van der Waals surface area contributed by atoms with E-state index < -0.39 is 6.10 Å². The molecule has 0 saturated carbocycles. The molecule has 2 aromatic rings. The molecule has 4 heteroatoms. The number of aryl methyl sites for hydroxylation is 1. The van der Waals surface area contributed by atoms with Gasteiger partial charge in [-0.3, -0.25) is 9.69 Å². The lowest BCUT2D eigenvalue weighted by molar-refractivity contribution is -0.127. The number of amides is 1. The Kier molecular flexibility index (Phi) is 6.88. The van der Waals surface area contributed by atoms with Crippen LogP contribution in [0.25, 0.3) is 0 Å². The van der Waals surface area contributed by atoms with Crippen LogP contribution in [0.1, 0.15) is 42.9 Å². The minimum Gasteiger partial charge on any atom is -0.481 e. The molecule has 1 aliphatic rings. The van der Waals surface area contributed by atoms with Gasteiger partial charge in [-0.25, -0.2) is 0 Å². The summed E-state index contributed by atoms with van der Waals surface area (Å²) in [7, 11) is 0. The van der Waals surface area contributed by atoms with Crippen LogP contribution >= 0.6 is 0 Å². The largest absolute Gasteiger partial charge is 0.481 e. The quantitative estimate of drug-likeness (QED) is 0.803. The summed E-state index contributed by atoms with van der Waals surface area (Å²) >= 11 is 0. The first kappa shape index (κ1) is 19.4. The van der Waals surface area contributed by atoms with Crippen molar-refractivity contribution >= 4 is 5.91 Å². The molecular formula is C23H30N2O2. The highest BCUT2D eigenvalue weighted by molar-refractivity contribution is 5.80. The Balaban J connectivity index is 1.44. The van der Waals surface area contributed by atoms with Gasteiger partial charge in [-0.15, -0.1) is 0 Å². The van der Waals surface area contributed by atoms with E-state index in [0.717, 1.165) is 12.1 Å². The van der Waals surface area contributed by atoms with Crippen molar-refractivity contribution in [3.63, 3.8) is 0 Å². The summed E-state index contributed by atoms with van der Waals surface area (Å²) in [5, 5.41) is 2.96. The van der Waals surface area contributed by atoms with Gasteiger partial charge in [0.05, 0.1) is 0 Å². The Hall–Kier alpha value is -2.33. The topological polar surface area (TPSA) is 41.6 Å². The zero-order chi connectivity index (χ0) is 19.1. The highest BCUT2D eigenvalue weighted by Gasteiger charge is 2.14. The van der Waals surface area contributed by atoms with Crippen LogP contribution in [0.2, 0.25) is 0 Å². The lowest BCUT2D eigenvalue weighted by atomic mass is 10.1. The van der Waals surface area contributed by atoms with Gasteiger partial charge in [-0.1, -0.05) is 48.4 Å². The van der Waals surface area contributed by atoms with Crippen molar-refractivity contribution in [2.75, 3.05) is 13.1 Å². The maximum Gasteiger partial charge on any atom is 0.261 e. The van der Waals surface area contributed by atoms with Crippen LogP contribution in [-0.2, 0) is 17.9 Å². The van der Waals surface area contributed by atoms with E-state index in [1.807, 2.05) is 31.2 Å². The Morgan fingerprint density at radius 2 is 1.63 bits per heavy atom. The van der Waals surface area contributed by atoms with Crippen LogP contribution in [0.3, 0.4) is 0 Å². The van der Waals surface area contributed by atoms with Gasteiger partial charge < -0.3 is 10.1 Å². The van der Waals surface area contributed by atoms with E-state index in [4.69, 9.17) is 4.74 Å². The molecule has 0 unspecified atom stereocenters. The van der Waals surface area contributed by atoms with Crippen LogP contribution < -0.4 is 10.1 Å². The van der Waals surface area contributed by atoms with Crippen molar-refractivity contribution in [3.05, 3.63) is 65.2 Å². The molecule has 1 saturated heterocycles. The second kappa shape index (κ2) is 9.56. The first-order valence-electron chi connectivity index (χ1n) is 9.91. The van der Waals surface area contributed by atoms with Gasteiger partial charge in [0.25, 0.3) is 5.91 Å². The van der Waals surface area contributed by atoms with E-state index in [2.05, 4.69) is 34.5 Å².